The smallest absolute Gasteiger partial charge is 0.314 e. The Balaban J connectivity index is 3.21. The Morgan fingerprint density at radius 2 is 2.19 bits per heavy atom. The fourth-order valence-corrected chi connectivity index (χ4v) is 1.02. The number of hydrogen-bond donors (Lipinski definition) is 1. The average molecular weight is 233 g/mol. The maximum absolute atomic E-state index is 13.2. The third kappa shape index (κ3) is 2.43. The lowest BCUT2D eigenvalue weighted by Gasteiger charge is -2.12. The summed E-state index contributed by atoms with van der Waals surface area (Å²) >= 11 is 0. The van der Waals surface area contributed by atoms with E-state index >= 15 is 0 Å². The first-order valence-electron chi connectivity index (χ1n) is 4.37. The number of nitro benzene ring substituents is 1. The van der Waals surface area contributed by atoms with Crippen LogP contribution in [0.4, 0.5) is 14.5 Å². The first-order chi connectivity index (χ1) is 7.47. The van der Waals surface area contributed by atoms with Crippen molar-refractivity contribution < 1.29 is 23.5 Å². The lowest BCUT2D eigenvalue weighted by molar-refractivity contribution is -0.386. The Morgan fingerprint density at radius 3 is 2.69 bits per heavy atom. The summed E-state index contributed by atoms with van der Waals surface area (Å²) in [5, 5.41) is 19.2. The summed E-state index contributed by atoms with van der Waals surface area (Å²) in [6.45, 7) is 0.904. The molecule has 5 nitrogen and oxygen atoms in total. The summed E-state index contributed by atoms with van der Waals surface area (Å²) in [5.74, 6) is -3.48. The highest BCUT2D eigenvalue weighted by atomic mass is 19.2. The van der Waals surface area contributed by atoms with Gasteiger partial charge in [0.15, 0.2) is 5.82 Å². The highest BCUT2D eigenvalue weighted by Crippen LogP contribution is 2.32. The molecule has 1 atom stereocenters. The van der Waals surface area contributed by atoms with Crippen LogP contribution in [0.1, 0.15) is 6.92 Å². The van der Waals surface area contributed by atoms with E-state index in [1.54, 1.807) is 0 Å². The van der Waals surface area contributed by atoms with Crippen LogP contribution in [-0.2, 0) is 0 Å². The van der Waals surface area contributed by atoms with Crippen molar-refractivity contribution in [3.8, 4) is 5.75 Å². The largest absolute Gasteiger partial charge is 0.479 e. The SMILES string of the molecule is C[C@H](CO)Oc1c([N+](=O)[O-])ccc(F)c1F. The van der Waals surface area contributed by atoms with Crippen LogP contribution >= 0.6 is 0 Å². The van der Waals surface area contributed by atoms with E-state index in [4.69, 9.17) is 9.84 Å². The molecule has 0 saturated carbocycles. The second-order valence-corrected chi connectivity index (χ2v) is 3.08. The molecule has 0 spiro atoms. The molecule has 88 valence electrons. The summed E-state index contributed by atoms with van der Waals surface area (Å²) < 4.78 is 30.8. The van der Waals surface area contributed by atoms with Crippen molar-refractivity contribution in [3.63, 3.8) is 0 Å². The minimum absolute atomic E-state index is 0.465. The van der Waals surface area contributed by atoms with Crippen molar-refractivity contribution in [3.05, 3.63) is 33.9 Å². The first kappa shape index (κ1) is 12.3. The van der Waals surface area contributed by atoms with Gasteiger partial charge in [0.2, 0.25) is 11.6 Å². The summed E-state index contributed by atoms with van der Waals surface area (Å²) in [4.78, 5) is 9.64. The van der Waals surface area contributed by atoms with Gasteiger partial charge in [-0.1, -0.05) is 0 Å². The fourth-order valence-electron chi connectivity index (χ4n) is 1.02. The van der Waals surface area contributed by atoms with Crippen LogP contribution in [0, 0.1) is 21.7 Å². The maximum Gasteiger partial charge on any atom is 0.314 e. The van der Waals surface area contributed by atoms with Crippen LogP contribution < -0.4 is 4.74 Å². The summed E-state index contributed by atoms with van der Waals surface area (Å²) in [7, 11) is 0. The van der Waals surface area contributed by atoms with Gasteiger partial charge in [-0.25, -0.2) is 4.39 Å². The van der Waals surface area contributed by atoms with E-state index in [0.29, 0.717) is 6.07 Å². The number of hydrogen-bond acceptors (Lipinski definition) is 4. The number of aliphatic hydroxyl groups excluding tert-OH is 1. The number of rotatable bonds is 4. The Kier molecular flexibility index (Phi) is 3.73. The van der Waals surface area contributed by atoms with Crippen molar-refractivity contribution in [2.24, 2.45) is 0 Å². The molecule has 0 aromatic heterocycles. The maximum atomic E-state index is 13.2. The van der Waals surface area contributed by atoms with E-state index in [2.05, 4.69) is 0 Å². The van der Waals surface area contributed by atoms with Gasteiger partial charge in [0.25, 0.3) is 0 Å². The predicted octanol–water partition coefficient (Wildman–Crippen LogP) is 1.63. The normalized spacial score (nSPS) is 12.2. The van der Waals surface area contributed by atoms with Crippen molar-refractivity contribution in [2.75, 3.05) is 6.61 Å². The molecule has 1 rings (SSSR count). The van der Waals surface area contributed by atoms with E-state index in [0.717, 1.165) is 6.07 Å². The number of nitrogens with zero attached hydrogens (tertiary/aromatic N) is 1. The van der Waals surface area contributed by atoms with Crippen molar-refractivity contribution in [2.45, 2.75) is 13.0 Å². The standard InChI is InChI=1S/C9H9F2NO4/c1-5(4-13)16-9-7(12(14)15)3-2-6(10)8(9)11/h2-3,5,13H,4H2,1H3/t5-/m1/s1. The molecular weight excluding hydrogens is 224 g/mol. The first-order valence-corrected chi connectivity index (χ1v) is 4.37. The molecule has 7 heteroatoms. The van der Waals surface area contributed by atoms with Crippen LogP contribution in [-0.4, -0.2) is 22.7 Å². The third-order valence-electron chi connectivity index (χ3n) is 1.80. The molecule has 0 aliphatic rings. The number of halogens is 2. The zero-order chi connectivity index (χ0) is 12.3. The van der Waals surface area contributed by atoms with E-state index in [1.165, 1.54) is 6.92 Å². The minimum Gasteiger partial charge on any atom is -0.479 e. The van der Waals surface area contributed by atoms with E-state index < -0.39 is 40.7 Å². The van der Waals surface area contributed by atoms with Crippen LogP contribution in [0.5, 0.6) is 5.75 Å². The van der Waals surface area contributed by atoms with Gasteiger partial charge in [-0.05, 0) is 13.0 Å². The fraction of sp³-hybridized carbons (Fsp3) is 0.333. The van der Waals surface area contributed by atoms with E-state index in [1.807, 2.05) is 0 Å². The topological polar surface area (TPSA) is 72.6 Å². The molecule has 0 radical (unpaired) electrons. The monoisotopic (exact) mass is 233 g/mol. The van der Waals surface area contributed by atoms with Gasteiger partial charge in [-0.3, -0.25) is 10.1 Å². The second kappa shape index (κ2) is 4.84. The molecule has 0 unspecified atom stereocenters. The van der Waals surface area contributed by atoms with Gasteiger partial charge in [-0.2, -0.15) is 4.39 Å². The lowest BCUT2D eigenvalue weighted by Crippen LogP contribution is -2.18. The number of aliphatic hydroxyl groups is 1. The van der Waals surface area contributed by atoms with Crippen molar-refractivity contribution in [1.29, 1.82) is 0 Å². The zero-order valence-electron chi connectivity index (χ0n) is 8.31. The third-order valence-corrected chi connectivity index (χ3v) is 1.80. The molecule has 0 aliphatic carbocycles. The molecule has 0 bridgehead atoms. The predicted molar refractivity (Wildman–Crippen MR) is 50.2 cm³/mol. The van der Waals surface area contributed by atoms with Crippen LogP contribution in [0.25, 0.3) is 0 Å². The molecule has 16 heavy (non-hydrogen) atoms. The number of ether oxygens (including phenoxy) is 1. The zero-order valence-corrected chi connectivity index (χ0v) is 8.31. The molecule has 1 aromatic rings. The molecule has 0 amide bonds. The minimum atomic E-state index is -1.44. The molecule has 1 aromatic carbocycles. The summed E-state index contributed by atoms with van der Waals surface area (Å²) in [6.07, 6.45) is -0.866. The Hall–Kier alpha value is -1.76. The van der Waals surface area contributed by atoms with Gasteiger partial charge < -0.3 is 9.84 Å². The lowest BCUT2D eigenvalue weighted by atomic mass is 10.2. The Labute approximate surface area is 89.4 Å². The molecule has 0 fully saturated rings. The molecule has 0 saturated heterocycles. The summed E-state index contributed by atoms with van der Waals surface area (Å²) in [6, 6.07) is 1.45. The molecule has 0 aliphatic heterocycles. The van der Waals surface area contributed by atoms with Crippen molar-refractivity contribution in [1.82, 2.24) is 0 Å². The van der Waals surface area contributed by atoms with Gasteiger partial charge >= 0.3 is 5.69 Å². The number of nitro groups is 1. The molecule has 0 heterocycles. The molecule has 1 N–H and O–H groups in total. The highest BCUT2D eigenvalue weighted by Gasteiger charge is 2.24. The van der Waals surface area contributed by atoms with Gasteiger partial charge in [0.05, 0.1) is 11.5 Å². The second-order valence-electron chi connectivity index (χ2n) is 3.08. The van der Waals surface area contributed by atoms with Gasteiger partial charge in [0, 0.05) is 6.07 Å². The van der Waals surface area contributed by atoms with Crippen LogP contribution in [0.2, 0.25) is 0 Å². The quantitative estimate of drug-likeness (QED) is 0.633. The van der Waals surface area contributed by atoms with Crippen LogP contribution in [0.15, 0.2) is 12.1 Å². The number of benzene rings is 1. The van der Waals surface area contributed by atoms with Gasteiger partial charge in [0.1, 0.15) is 6.10 Å². The molecular formula is C9H9F2NO4. The average Bonchev–Trinajstić information content (AvgIpc) is 2.24. The van der Waals surface area contributed by atoms with Gasteiger partial charge in [-0.15, -0.1) is 0 Å². The highest BCUT2D eigenvalue weighted by molar-refractivity contribution is 5.47. The van der Waals surface area contributed by atoms with E-state index in [9.17, 15) is 18.9 Å². The van der Waals surface area contributed by atoms with Crippen molar-refractivity contribution >= 4 is 5.69 Å². The van der Waals surface area contributed by atoms with Crippen LogP contribution in [0.3, 0.4) is 0 Å². The Morgan fingerprint density at radius 1 is 1.56 bits per heavy atom. The summed E-state index contributed by atoms with van der Waals surface area (Å²) in [5.41, 5.74) is -0.681. The Bertz CT molecular complexity index is 411. The van der Waals surface area contributed by atoms with E-state index in [-0.39, 0.29) is 0 Å².